The van der Waals surface area contributed by atoms with Crippen molar-refractivity contribution in [2.75, 3.05) is 0 Å². The summed E-state index contributed by atoms with van der Waals surface area (Å²) in [6, 6.07) is 3.75. The lowest BCUT2D eigenvalue weighted by Gasteiger charge is -2.03. The van der Waals surface area contributed by atoms with Crippen LogP contribution in [0.4, 0.5) is 0 Å². The predicted octanol–water partition coefficient (Wildman–Crippen LogP) is 1.63. The number of hydrogen-bond donors (Lipinski definition) is 1. The van der Waals surface area contributed by atoms with Gasteiger partial charge < -0.3 is 9.73 Å². The highest BCUT2D eigenvalue weighted by molar-refractivity contribution is 5.76. The Labute approximate surface area is 105 Å². The van der Waals surface area contributed by atoms with E-state index in [1.807, 2.05) is 12.1 Å². The maximum Gasteiger partial charge on any atom is 0.220 e. The summed E-state index contributed by atoms with van der Waals surface area (Å²) in [5, 5.41) is 2.85. The fraction of sp³-hybridized carbons (Fsp3) is 0.308. The number of aryl methyl sites for hydroxylation is 2. The van der Waals surface area contributed by atoms with Crippen molar-refractivity contribution >= 4 is 5.91 Å². The van der Waals surface area contributed by atoms with Crippen LogP contribution >= 0.6 is 0 Å². The van der Waals surface area contributed by atoms with Gasteiger partial charge in [-0.05, 0) is 17.7 Å². The number of rotatable bonds is 5. The number of carbonyl (C=O) groups is 1. The average molecular weight is 245 g/mol. The highest BCUT2D eigenvalue weighted by Crippen LogP contribution is 2.03. The van der Waals surface area contributed by atoms with Crippen LogP contribution < -0.4 is 5.32 Å². The van der Waals surface area contributed by atoms with Crippen LogP contribution in [0.2, 0.25) is 0 Å². The molecule has 0 saturated heterocycles. The molecule has 0 bridgehead atoms. The number of amides is 1. The Morgan fingerprint density at radius 2 is 2.17 bits per heavy atom. The zero-order chi connectivity index (χ0) is 12.8. The largest absolute Gasteiger partial charge is 0.449 e. The zero-order valence-electron chi connectivity index (χ0n) is 10.2. The quantitative estimate of drug-likeness (QED) is 0.869. The second-order valence-electron chi connectivity index (χ2n) is 3.99. The van der Waals surface area contributed by atoms with E-state index >= 15 is 0 Å². The number of nitrogens with zero attached hydrogens (tertiary/aromatic N) is 2. The van der Waals surface area contributed by atoms with Crippen LogP contribution in [-0.2, 0) is 17.8 Å². The molecule has 2 rings (SSSR count). The smallest absolute Gasteiger partial charge is 0.220 e. The second kappa shape index (κ2) is 5.95. The van der Waals surface area contributed by atoms with Crippen molar-refractivity contribution < 1.29 is 9.21 Å². The summed E-state index contributed by atoms with van der Waals surface area (Å²) in [6.45, 7) is 2.31. The Morgan fingerprint density at radius 1 is 1.39 bits per heavy atom. The zero-order valence-corrected chi connectivity index (χ0v) is 10.2. The molecule has 5 nitrogen and oxygen atoms in total. The van der Waals surface area contributed by atoms with Crippen molar-refractivity contribution in [2.45, 2.75) is 26.3 Å². The lowest BCUT2D eigenvalue weighted by atomic mass is 10.2. The molecule has 1 amide bonds. The predicted molar refractivity (Wildman–Crippen MR) is 65.6 cm³/mol. The van der Waals surface area contributed by atoms with Crippen molar-refractivity contribution in [3.8, 4) is 0 Å². The molecule has 0 aliphatic heterocycles. The monoisotopic (exact) mass is 245 g/mol. The van der Waals surface area contributed by atoms with Crippen LogP contribution in [0.15, 0.2) is 35.2 Å². The molecule has 0 aliphatic rings. The van der Waals surface area contributed by atoms with Gasteiger partial charge in [-0.25, -0.2) is 4.98 Å². The van der Waals surface area contributed by atoms with Crippen LogP contribution in [0.25, 0.3) is 0 Å². The summed E-state index contributed by atoms with van der Waals surface area (Å²) in [6.07, 6.45) is 6.02. The molecule has 0 aliphatic carbocycles. The molecule has 0 atom stereocenters. The number of carbonyl (C=O) groups excluding carboxylic acids is 1. The topological polar surface area (TPSA) is 68.0 Å². The van der Waals surface area contributed by atoms with Crippen LogP contribution in [0, 0.1) is 6.92 Å². The van der Waals surface area contributed by atoms with Gasteiger partial charge in [-0.2, -0.15) is 0 Å². The number of pyridine rings is 1. The van der Waals surface area contributed by atoms with E-state index in [1.165, 1.54) is 0 Å². The van der Waals surface area contributed by atoms with Gasteiger partial charge in [0.25, 0.3) is 0 Å². The summed E-state index contributed by atoms with van der Waals surface area (Å²) in [5.74, 6) is 0.634. The molecule has 18 heavy (non-hydrogen) atoms. The molecule has 0 unspecified atom stereocenters. The molecule has 1 N–H and O–H groups in total. The van der Waals surface area contributed by atoms with Gasteiger partial charge in [0, 0.05) is 38.7 Å². The third kappa shape index (κ3) is 3.69. The molecule has 0 saturated carbocycles. The Kier molecular flexibility index (Phi) is 4.06. The van der Waals surface area contributed by atoms with Gasteiger partial charge in [-0.1, -0.05) is 0 Å². The van der Waals surface area contributed by atoms with E-state index in [0.717, 1.165) is 11.3 Å². The minimum absolute atomic E-state index is 0.00691. The van der Waals surface area contributed by atoms with E-state index in [2.05, 4.69) is 15.3 Å². The van der Waals surface area contributed by atoms with E-state index in [4.69, 9.17) is 4.42 Å². The van der Waals surface area contributed by atoms with Gasteiger partial charge in [-0.15, -0.1) is 0 Å². The molecule has 0 fully saturated rings. The molecule has 2 aromatic rings. The fourth-order valence-corrected chi connectivity index (χ4v) is 1.55. The van der Waals surface area contributed by atoms with Crippen molar-refractivity contribution in [1.82, 2.24) is 15.3 Å². The molecule has 0 radical (unpaired) electrons. The Morgan fingerprint density at radius 3 is 2.83 bits per heavy atom. The number of hydrogen-bond acceptors (Lipinski definition) is 4. The molecule has 2 aromatic heterocycles. The normalized spacial score (nSPS) is 10.3. The number of nitrogens with one attached hydrogen (secondary N) is 1. The molecule has 5 heteroatoms. The lowest BCUT2D eigenvalue weighted by Crippen LogP contribution is -2.23. The fourth-order valence-electron chi connectivity index (χ4n) is 1.55. The molecule has 0 aromatic carbocycles. The third-order valence-electron chi connectivity index (χ3n) is 2.51. The van der Waals surface area contributed by atoms with Crippen molar-refractivity contribution in [2.24, 2.45) is 0 Å². The first kappa shape index (κ1) is 12.3. The van der Waals surface area contributed by atoms with E-state index < -0.39 is 0 Å². The molecule has 0 spiro atoms. The van der Waals surface area contributed by atoms with Gasteiger partial charge in [0.15, 0.2) is 5.89 Å². The van der Waals surface area contributed by atoms with Crippen LogP contribution in [0.5, 0.6) is 0 Å². The first-order valence-electron chi connectivity index (χ1n) is 5.80. The van der Waals surface area contributed by atoms with Crippen LogP contribution in [0.3, 0.4) is 0 Å². The average Bonchev–Trinajstić information content (AvgIpc) is 2.81. The Bertz CT molecular complexity index is 508. The lowest BCUT2D eigenvalue weighted by molar-refractivity contribution is -0.121. The van der Waals surface area contributed by atoms with Gasteiger partial charge in [0.05, 0.1) is 5.69 Å². The summed E-state index contributed by atoms with van der Waals surface area (Å²) in [4.78, 5) is 19.7. The summed E-state index contributed by atoms with van der Waals surface area (Å²) in [7, 11) is 0. The van der Waals surface area contributed by atoms with E-state index in [9.17, 15) is 4.79 Å². The molecular formula is C13H15N3O2. The van der Waals surface area contributed by atoms with E-state index in [1.54, 1.807) is 25.6 Å². The van der Waals surface area contributed by atoms with Crippen molar-refractivity contribution in [3.05, 3.63) is 47.9 Å². The summed E-state index contributed by atoms with van der Waals surface area (Å²) < 4.78 is 5.08. The highest BCUT2D eigenvalue weighted by Gasteiger charge is 2.05. The Balaban J connectivity index is 1.73. The third-order valence-corrected chi connectivity index (χ3v) is 2.51. The molecule has 94 valence electrons. The number of aromatic nitrogens is 2. The summed E-state index contributed by atoms with van der Waals surface area (Å²) in [5.41, 5.74) is 1.85. The maximum atomic E-state index is 11.6. The Hall–Kier alpha value is -2.17. The minimum Gasteiger partial charge on any atom is -0.449 e. The van der Waals surface area contributed by atoms with Gasteiger partial charge in [0.2, 0.25) is 5.91 Å². The molecule has 2 heterocycles. The number of oxazole rings is 1. The van der Waals surface area contributed by atoms with Gasteiger partial charge in [-0.3, -0.25) is 9.78 Å². The minimum atomic E-state index is 0.00691. The highest BCUT2D eigenvalue weighted by atomic mass is 16.3. The second-order valence-corrected chi connectivity index (χ2v) is 3.99. The van der Waals surface area contributed by atoms with Crippen LogP contribution in [-0.4, -0.2) is 15.9 Å². The van der Waals surface area contributed by atoms with E-state index in [0.29, 0.717) is 25.3 Å². The molecular weight excluding hydrogens is 230 g/mol. The maximum absolute atomic E-state index is 11.6. The van der Waals surface area contributed by atoms with Gasteiger partial charge in [0.1, 0.15) is 6.26 Å². The van der Waals surface area contributed by atoms with E-state index in [-0.39, 0.29) is 5.91 Å². The van der Waals surface area contributed by atoms with Crippen molar-refractivity contribution in [3.63, 3.8) is 0 Å². The van der Waals surface area contributed by atoms with Crippen molar-refractivity contribution in [1.29, 1.82) is 0 Å². The van der Waals surface area contributed by atoms with Crippen LogP contribution in [0.1, 0.15) is 23.6 Å². The first-order chi connectivity index (χ1) is 8.74. The SMILES string of the molecule is Cc1nc(CCC(=O)NCc2ccncc2)co1. The van der Waals surface area contributed by atoms with Gasteiger partial charge >= 0.3 is 0 Å². The first-order valence-corrected chi connectivity index (χ1v) is 5.80. The summed E-state index contributed by atoms with van der Waals surface area (Å²) >= 11 is 0. The standard InChI is InChI=1S/C13H15N3O2/c1-10-16-12(9-18-10)2-3-13(17)15-8-11-4-6-14-7-5-11/h4-7,9H,2-3,8H2,1H3,(H,15,17).